The van der Waals surface area contributed by atoms with Gasteiger partial charge in [-0.25, -0.2) is 4.98 Å². The van der Waals surface area contributed by atoms with Gasteiger partial charge in [-0.3, -0.25) is 0 Å². The van der Waals surface area contributed by atoms with E-state index in [4.69, 9.17) is 21.5 Å². The van der Waals surface area contributed by atoms with Crippen LogP contribution in [0.4, 0.5) is 17.2 Å². The van der Waals surface area contributed by atoms with E-state index < -0.39 is 0 Å². The molecule has 0 saturated heterocycles. The Morgan fingerprint density at radius 1 is 0.950 bits per heavy atom. The minimum absolute atomic E-state index is 0.256. The second-order valence-electron chi connectivity index (χ2n) is 3.89. The highest BCUT2D eigenvalue weighted by Gasteiger charge is 2.07. The first kappa shape index (κ1) is 12.9. The molecule has 2 rings (SSSR count). The second kappa shape index (κ2) is 5.39. The Bertz CT molecular complexity index is 789. The summed E-state index contributed by atoms with van der Waals surface area (Å²) in [7, 11) is 0. The maximum Gasteiger partial charge on any atom is 0.148 e. The van der Waals surface area contributed by atoms with E-state index in [1.807, 2.05) is 18.2 Å². The van der Waals surface area contributed by atoms with Gasteiger partial charge in [0, 0.05) is 5.69 Å². The molecule has 1 aromatic heterocycles. The average molecular weight is 260 g/mol. The zero-order valence-electron chi connectivity index (χ0n) is 10.3. The quantitative estimate of drug-likeness (QED) is 0.851. The van der Waals surface area contributed by atoms with Crippen molar-refractivity contribution >= 4 is 17.2 Å². The number of nitrogens with zero attached hydrogens (tertiary/aromatic N) is 4. The molecule has 0 atom stereocenters. The van der Waals surface area contributed by atoms with E-state index in [1.165, 1.54) is 24.4 Å². The lowest BCUT2D eigenvalue weighted by Crippen LogP contribution is -1.99. The molecule has 0 amide bonds. The van der Waals surface area contributed by atoms with Crippen LogP contribution in [0, 0.1) is 34.0 Å². The van der Waals surface area contributed by atoms with Crippen LogP contribution in [-0.4, -0.2) is 4.98 Å². The third-order valence-corrected chi connectivity index (χ3v) is 2.55. The van der Waals surface area contributed by atoms with E-state index in [-0.39, 0.29) is 5.56 Å². The van der Waals surface area contributed by atoms with Gasteiger partial charge in [-0.1, -0.05) is 0 Å². The number of nitriles is 3. The maximum atomic E-state index is 9.02. The molecule has 20 heavy (non-hydrogen) atoms. The van der Waals surface area contributed by atoms with Gasteiger partial charge in [0.15, 0.2) is 0 Å². The van der Waals surface area contributed by atoms with Crippen molar-refractivity contribution in [3.8, 4) is 18.2 Å². The molecular formula is C14H8N6. The van der Waals surface area contributed by atoms with Crippen molar-refractivity contribution < 1.29 is 0 Å². The van der Waals surface area contributed by atoms with Gasteiger partial charge in [0.25, 0.3) is 0 Å². The van der Waals surface area contributed by atoms with Gasteiger partial charge in [-0.15, -0.1) is 0 Å². The molecule has 0 aliphatic rings. The zero-order valence-corrected chi connectivity index (χ0v) is 10.3. The molecule has 94 valence electrons. The van der Waals surface area contributed by atoms with Crippen LogP contribution in [0.3, 0.4) is 0 Å². The second-order valence-corrected chi connectivity index (χ2v) is 3.89. The van der Waals surface area contributed by atoms with Crippen LogP contribution in [0.2, 0.25) is 0 Å². The number of aromatic nitrogens is 1. The smallest absolute Gasteiger partial charge is 0.148 e. The molecule has 0 radical (unpaired) electrons. The van der Waals surface area contributed by atoms with Crippen LogP contribution >= 0.6 is 0 Å². The summed E-state index contributed by atoms with van der Waals surface area (Å²) in [6.07, 6.45) is 1.43. The first-order chi connectivity index (χ1) is 9.67. The number of hydrogen-bond acceptors (Lipinski definition) is 6. The summed E-state index contributed by atoms with van der Waals surface area (Å²) in [6.45, 7) is 0. The van der Waals surface area contributed by atoms with Gasteiger partial charge in [0.1, 0.15) is 24.0 Å². The van der Waals surface area contributed by atoms with Gasteiger partial charge in [-0.05, 0) is 24.3 Å². The van der Waals surface area contributed by atoms with Crippen LogP contribution in [0.1, 0.15) is 16.7 Å². The SMILES string of the molecule is N#Cc1ccc(Nc2ncc(N)cc2C#N)cc1C#N. The molecule has 0 unspecified atom stereocenters. The summed E-state index contributed by atoms with van der Waals surface area (Å²) >= 11 is 0. The molecule has 0 saturated carbocycles. The van der Waals surface area contributed by atoms with Crippen LogP contribution in [-0.2, 0) is 0 Å². The highest BCUT2D eigenvalue weighted by Crippen LogP contribution is 2.21. The number of nitrogen functional groups attached to an aromatic ring is 1. The molecule has 0 bridgehead atoms. The molecule has 1 heterocycles. The fraction of sp³-hybridized carbons (Fsp3) is 0. The normalized spacial score (nSPS) is 9.05. The molecule has 2 aromatic rings. The lowest BCUT2D eigenvalue weighted by Gasteiger charge is -2.08. The van der Waals surface area contributed by atoms with Crippen LogP contribution in [0.5, 0.6) is 0 Å². The Balaban J connectivity index is 2.39. The number of nitrogens with two attached hydrogens (primary N) is 1. The predicted octanol–water partition coefficient (Wildman–Crippen LogP) is 2.02. The van der Waals surface area contributed by atoms with Crippen molar-refractivity contribution in [2.75, 3.05) is 11.1 Å². The standard InChI is InChI=1S/C14H8N6/c15-5-9-1-2-13(4-10(9)6-16)20-14-11(7-17)3-12(18)8-19-14/h1-4,8H,18H2,(H,19,20). The fourth-order valence-corrected chi connectivity index (χ4v) is 1.61. The summed E-state index contributed by atoms with van der Waals surface area (Å²) < 4.78 is 0. The van der Waals surface area contributed by atoms with E-state index >= 15 is 0 Å². The molecular weight excluding hydrogens is 252 g/mol. The van der Waals surface area contributed by atoms with Gasteiger partial charge < -0.3 is 11.1 Å². The van der Waals surface area contributed by atoms with E-state index in [0.717, 1.165) is 0 Å². The van der Waals surface area contributed by atoms with E-state index in [1.54, 1.807) is 6.07 Å². The minimum atomic E-state index is 0.256. The minimum Gasteiger partial charge on any atom is -0.397 e. The number of benzene rings is 1. The van der Waals surface area contributed by atoms with E-state index in [0.29, 0.717) is 28.3 Å². The summed E-state index contributed by atoms with van der Waals surface area (Å²) in [4.78, 5) is 4.04. The maximum absolute atomic E-state index is 9.02. The summed E-state index contributed by atoms with van der Waals surface area (Å²) in [6, 6.07) is 12.1. The van der Waals surface area contributed by atoms with E-state index in [2.05, 4.69) is 10.3 Å². The largest absolute Gasteiger partial charge is 0.397 e. The highest BCUT2D eigenvalue weighted by atomic mass is 15.0. The number of pyridine rings is 1. The Morgan fingerprint density at radius 3 is 2.30 bits per heavy atom. The summed E-state index contributed by atoms with van der Waals surface area (Å²) in [5, 5.41) is 29.8. The van der Waals surface area contributed by atoms with Crippen LogP contribution in [0.15, 0.2) is 30.5 Å². The highest BCUT2D eigenvalue weighted by molar-refractivity contribution is 5.67. The Hall–Kier alpha value is -3.56. The monoisotopic (exact) mass is 260 g/mol. The molecule has 6 heteroatoms. The molecule has 1 aromatic carbocycles. The van der Waals surface area contributed by atoms with Crippen molar-refractivity contribution in [3.63, 3.8) is 0 Å². The van der Waals surface area contributed by atoms with Gasteiger partial charge in [0.2, 0.25) is 0 Å². The van der Waals surface area contributed by atoms with Crippen molar-refractivity contribution in [3.05, 3.63) is 47.2 Å². The van der Waals surface area contributed by atoms with Crippen molar-refractivity contribution in [2.45, 2.75) is 0 Å². The van der Waals surface area contributed by atoms with Gasteiger partial charge in [0.05, 0.1) is 28.6 Å². The molecule has 0 spiro atoms. The van der Waals surface area contributed by atoms with Crippen LogP contribution < -0.4 is 11.1 Å². The van der Waals surface area contributed by atoms with Crippen molar-refractivity contribution in [2.24, 2.45) is 0 Å². The Kier molecular flexibility index (Phi) is 3.47. The average Bonchev–Trinajstić information content (AvgIpc) is 2.48. The Labute approximate surface area is 115 Å². The predicted molar refractivity (Wildman–Crippen MR) is 72.5 cm³/mol. The third-order valence-electron chi connectivity index (χ3n) is 2.55. The molecule has 0 aliphatic heterocycles. The lowest BCUT2D eigenvalue weighted by atomic mass is 10.1. The zero-order chi connectivity index (χ0) is 14.5. The fourth-order valence-electron chi connectivity index (χ4n) is 1.61. The molecule has 3 N–H and O–H groups in total. The number of anilines is 3. The van der Waals surface area contributed by atoms with Crippen LogP contribution in [0.25, 0.3) is 0 Å². The third kappa shape index (κ3) is 2.48. The summed E-state index contributed by atoms with van der Waals surface area (Å²) in [5.41, 5.74) is 7.37. The number of nitrogens with one attached hydrogen (secondary N) is 1. The summed E-state index contributed by atoms with van der Waals surface area (Å²) in [5.74, 6) is 0.343. The Morgan fingerprint density at radius 2 is 1.65 bits per heavy atom. The van der Waals surface area contributed by atoms with Gasteiger partial charge >= 0.3 is 0 Å². The number of hydrogen-bond donors (Lipinski definition) is 2. The van der Waals surface area contributed by atoms with Crippen molar-refractivity contribution in [1.29, 1.82) is 15.8 Å². The molecule has 0 fully saturated rings. The molecule has 0 aliphatic carbocycles. The number of rotatable bonds is 2. The van der Waals surface area contributed by atoms with E-state index in [9.17, 15) is 0 Å². The first-order valence-corrected chi connectivity index (χ1v) is 5.55. The first-order valence-electron chi connectivity index (χ1n) is 5.55. The molecule has 6 nitrogen and oxygen atoms in total. The lowest BCUT2D eigenvalue weighted by molar-refractivity contribution is 1.28. The van der Waals surface area contributed by atoms with Gasteiger partial charge in [-0.2, -0.15) is 15.8 Å². The van der Waals surface area contributed by atoms with Crippen molar-refractivity contribution in [1.82, 2.24) is 4.98 Å². The topological polar surface area (TPSA) is 122 Å².